The topological polar surface area (TPSA) is 58.6 Å². The first-order chi connectivity index (χ1) is 13.5. The molecule has 2 rings (SSSR count). The van der Waals surface area contributed by atoms with E-state index in [0.717, 1.165) is 16.7 Å². The molecule has 0 fully saturated rings. The average Bonchev–Trinajstić information content (AvgIpc) is 2.63. The summed E-state index contributed by atoms with van der Waals surface area (Å²) in [5.74, 6) is 0.212. The molecule has 5 heteroatoms. The summed E-state index contributed by atoms with van der Waals surface area (Å²) in [4.78, 5) is 27.3. The van der Waals surface area contributed by atoms with Gasteiger partial charge in [-0.3, -0.25) is 9.59 Å². The van der Waals surface area contributed by atoms with Gasteiger partial charge < -0.3 is 15.0 Å². The first-order valence-electron chi connectivity index (χ1n) is 9.91. The first-order valence-corrected chi connectivity index (χ1v) is 9.91. The minimum absolute atomic E-state index is 0.123. The van der Waals surface area contributed by atoms with Crippen LogP contribution in [0.3, 0.4) is 0 Å². The monoisotopic (exact) mass is 396 g/mol. The molecule has 2 aromatic carbocycles. The van der Waals surface area contributed by atoms with Crippen LogP contribution in [-0.2, 0) is 16.1 Å². The van der Waals surface area contributed by atoms with E-state index < -0.39 is 6.04 Å². The van der Waals surface area contributed by atoms with Gasteiger partial charge in [0.15, 0.2) is 6.61 Å². The summed E-state index contributed by atoms with van der Waals surface area (Å²) >= 11 is 0. The number of hydrogen-bond donors (Lipinski definition) is 1. The summed E-state index contributed by atoms with van der Waals surface area (Å²) in [7, 11) is 0. The van der Waals surface area contributed by atoms with Gasteiger partial charge in [0, 0.05) is 12.1 Å². The number of hydrogen-bond acceptors (Lipinski definition) is 3. The van der Waals surface area contributed by atoms with Crippen molar-refractivity contribution in [1.82, 2.24) is 10.2 Å². The van der Waals surface area contributed by atoms with Crippen molar-refractivity contribution < 1.29 is 14.3 Å². The smallest absolute Gasteiger partial charge is 0.261 e. The van der Waals surface area contributed by atoms with Crippen LogP contribution >= 0.6 is 0 Å². The molecule has 0 aromatic heterocycles. The molecule has 0 aliphatic heterocycles. The first kappa shape index (κ1) is 22.5. The Kier molecular flexibility index (Phi) is 7.43. The van der Waals surface area contributed by atoms with Crippen LogP contribution in [0.2, 0.25) is 0 Å². The molecule has 0 aliphatic rings. The number of amides is 2. The van der Waals surface area contributed by atoms with E-state index in [-0.39, 0.29) is 24.0 Å². The molecule has 0 radical (unpaired) electrons. The van der Waals surface area contributed by atoms with E-state index in [0.29, 0.717) is 12.3 Å². The Morgan fingerprint density at radius 3 is 2.28 bits per heavy atom. The molecular weight excluding hydrogens is 364 g/mol. The molecule has 0 saturated carbocycles. The van der Waals surface area contributed by atoms with Gasteiger partial charge in [0.25, 0.3) is 5.91 Å². The summed E-state index contributed by atoms with van der Waals surface area (Å²) in [6, 6.07) is 14.9. The van der Waals surface area contributed by atoms with Gasteiger partial charge in [0.2, 0.25) is 5.91 Å². The number of rotatable bonds is 7. The normalized spacial score (nSPS) is 12.2. The third-order valence-electron chi connectivity index (χ3n) is 4.48. The van der Waals surface area contributed by atoms with Crippen LogP contribution in [0.5, 0.6) is 5.75 Å². The van der Waals surface area contributed by atoms with Crippen LogP contribution in [0.25, 0.3) is 0 Å². The lowest BCUT2D eigenvalue weighted by atomic mass is 10.1. The van der Waals surface area contributed by atoms with E-state index in [1.807, 2.05) is 83.1 Å². The number of nitrogens with zero attached hydrogens (tertiary/aromatic N) is 1. The molecule has 0 bridgehead atoms. The van der Waals surface area contributed by atoms with E-state index in [2.05, 4.69) is 5.32 Å². The Labute approximate surface area is 174 Å². The van der Waals surface area contributed by atoms with Crippen molar-refractivity contribution in [3.8, 4) is 5.75 Å². The zero-order valence-corrected chi connectivity index (χ0v) is 18.3. The Morgan fingerprint density at radius 2 is 1.69 bits per heavy atom. The van der Waals surface area contributed by atoms with Gasteiger partial charge in [-0.05, 0) is 59.2 Å². The minimum Gasteiger partial charge on any atom is -0.484 e. The van der Waals surface area contributed by atoms with Gasteiger partial charge in [0.05, 0.1) is 0 Å². The Hall–Kier alpha value is -2.82. The highest BCUT2D eigenvalue weighted by Gasteiger charge is 2.28. The van der Waals surface area contributed by atoms with Crippen molar-refractivity contribution >= 4 is 11.8 Å². The Morgan fingerprint density at radius 1 is 1.03 bits per heavy atom. The SMILES string of the molecule is Cc1ccc(OCC(=O)N(Cc2cccc(C)c2)[C@H](C)C(=O)NC(C)(C)C)cc1. The summed E-state index contributed by atoms with van der Waals surface area (Å²) < 4.78 is 5.67. The summed E-state index contributed by atoms with van der Waals surface area (Å²) in [5.41, 5.74) is 2.83. The standard InChI is InChI=1S/C24H32N2O3/c1-17-10-12-21(13-11-17)29-16-22(27)26(15-20-9-7-8-18(2)14-20)19(3)23(28)25-24(4,5)6/h7-14,19H,15-16H2,1-6H3,(H,25,28)/t19-/m1/s1. The van der Waals surface area contributed by atoms with Crippen molar-refractivity contribution in [2.75, 3.05) is 6.61 Å². The predicted octanol–water partition coefficient (Wildman–Crippen LogP) is 4.01. The van der Waals surface area contributed by atoms with Crippen LogP contribution in [0, 0.1) is 13.8 Å². The maximum Gasteiger partial charge on any atom is 0.261 e. The fraction of sp³-hybridized carbons (Fsp3) is 0.417. The van der Waals surface area contributed by atoms with Crippen LogP contribution in [0.4, 0.5) is 0 Å². The Balaban J connectivity index is 2.16. The second-order valence-corrected chi connectivity index (χ2v) is 8.53. The molecular formula is C24H32N2O3. The molecule has 2 amide bonds. The number of ether oxygens (including phenoxy) is 1. The lowest BCUT2D eigenvalue weighted by Crippen LogP contribution is -2.53. The van der Waals surface area contributed by atoms with E-state index in [1.165, 1.54) is 0 Å². The van der Waals surface area contributed by atoms with Crippen LogP contribution in [0.15, 0.2) is 48.5 Å². The Bertz CT molecular complexity index is 838. The van der Waals surface area contributed by atoms with Gasteiger partial charge in [-0.1, -0.05) is 47.5 Å². The van der Waals surface area contributed by atoms with Crippen molar-refractivity contribution in [3.05, 3.63) is 65.2 Å². The largest absolute Gasteiger partial charge is 0.484 e. The fourth-order valence-electron chi connectivity index (χ4n) is 2.93. The van der Waals surface area contributed by atoms with Crippen molar-refractivity contribution in [1.29, 1.82) is 0 Å². The highest BCUT2D eigenvalue weighted by atomic mass is 16.5. The zero-order valence-electron chi connectivity index (χ0n) is 18.3. The zero-order chi connectivity index (χ0) is 21.6. The second-order valence-electron chi connectivity index (χ2n) is 8.53. The van der Waals surface area contributed by atoms with Crippen LogP contribution < -0.4 is 10.1 Å². The molecule has 0 spiro atoms. The molecule has 29 heavy (non-hydrogen) atoms. The van der Waals surface area contributed by atoms with E-state index >= 15 is 0 Å². The number of carbonyl (C=O) groups is 2. The predicted molar refractivity (Wildman–Crippen MR) is 116 cm³/mol. The minimum atomic E-state index is -0.621. The molecule has 1 N–H and O–H groups in total. The van der Waals surface area contributed by atoms with Gasteiger partial charge in [0.1, 0.15) is 11.8 Å². The van der Waals surface area contributed by atoms with E-state index in [9.17, 15) is 9.59 Å². The van der Waals surface area contributed by atoms with Gasteiger partial charge in [-0.25, -0.2) is 0 Å². The highest BCUT2D eigenvalue weighted by Crippen LogP contribution is 2.15. The average molecular weight is 397 g/mol. The van der Waals surface area contributed by atoms with Crippen molar-refractivity contribution in [2.45, 2.75) is 59.7 Å². The number of nitrogens with one attached hydrogen (secondary N) is 1. The molecule has 2 aromatic rings. The maximum absolute atomic E-state index is 13.0. The van der Waals surface area contributed by atoms with Crippen molar-refractivity contribution in [2.24, 2.45) is 0 Å². The quantitative estimate of drug-likeness (QED) is 0.769. The number of aryl methyl sites for hydroxylation is 2. The summed E-state index contributed by atoms with van der Waals surface area (Å²) in [6.45, 7) is 11.7. The number of carbonyl (C=O) groups excluding carboxylic acids is 2. The second kappa shape index (κ2) is 9.59. The summed E-state index contributed by atoms with van der Waals surface area (Å²) in [6.07, 6.45) is 0. The lowest BCUT2D eigenvalue weighted by Gasteiger charge is -2.31. The molecule has 156 valence electrons. The van der Waals surface area contributed by atoms with Gasteiger partial charge in [-0.2, -0.15) is 0 Å². The van der Waals surface area contributed by atoms with E-state index in [1.54, 1.807) is 11.8 Å². The van der Waals surface area contributed by atoms with E-state index in [4.69, 9.17) is 4.74 Å². The molecule has 0 saturated heterocycles. The number of benzene rings is 2. The molecule has 0 aliphatic carbocycles. The van der Waals surface area contributed by atoms with Crippen molar-refractivity contribution in [3.63, 3.8) is 0 Å². The summed E-state index contributed by atoms with van der Waals surface area (Å²) in [5, 5.41) is 2.96. The molecule has 1 atom stereocenters. The molecule has 0 unspecified atom stereocenters. The lowest BCUT2D eigenvalue weighted by molar-refractivity contribution is -0.142. The molecule has 5 nitrogen and oxygen atoms in total. The van der Waals surface area contributed by atoms with Crippen LogP contribution in [-0.4, -0.2) is 34.9 Å². The third-order valence-corrected chi connectivity index (χ3v) is 4.48. The third kappa shape index (κ3) is 7.26. The maximum atomic E-state index is 13.0. The van der Waals surface area contributed by atoms with Crippen LogP contribution in [0.1, 0.15) is 44.4 Å². The highest BCUT2D eigenvalue weighted by molar-refractivity contribution is 5.88. The van der Waals surface area contributed by atoms with Gasteiger partial charge in [-0.15, -0.1) is 0 Å². The van der Waals surface area contributed by atoms with Gasteiger partial charge >= 0.3 is 0 Å². The molecule has 0 heterocycles. The fourth-order valence-corrected chi connectivity index (χ4v) is 2.93.